The number of nitrogens with one attached hydrogen (secondary N) is 2. The van der Waals surface area contributed by atoms with Crippen LogP contribution in [0.3, 0.4) is 0 Å². The predicted molar refractivity (Wildman–Crippen MR) is 106 cm³/mol. The smallest absolute Gasteiger partial charge is 0.255 e. The molecule has 0 fully saturated rings. The molecule has 3 rings (SSSR count). The first-order chi connectivity index (χ1) is 13.3. The minimum atomic E-state index is -3.90. The molecule has 0 atom stereocenters. The highest BCUT2D eigenvalue weighted by Crippen LogP contribution is 2.20. The van der Waals surface area contributed by atoms with Crippen molar-refractivity contribution < 1.29 is 17.6 Å². The van der Waals surface area contributed by atoms with Crippen molar-refractivity contribution in [3.8, 4) is 0 Å². The van der Waals surface area contributed by atoms with Gasteiger partial charge in [-0.1, -0.05) is 41.9 Å². The fraction of sp³-hybridized carbons (Fsp3) is 0.0500. The first-order valence-corrected chi connectivity index (χ1v) is 10.1. The molecule has 2 N–H and O–H groups in total. The Hall–Kier alpha value is -2.74. The van der Waals surface area contributed by atoms with E-state index in [9.17, 15) is 17.6 Å². The van der Waals surface area contributed by atoms with Crippen LogP contribution in [-0.2, 0) is 16.6 Å². The van der Waals surface area contributed by atoms with E-state index >= 15 is 0 Å². The van der Waals surface area contributed by atoms with Crippen molar-refractivity contribution in [2.24, 2.45) is 0 Å². The Kier molecular flexibility index (Phi) is 6.08. The van der Waals surface area contributed by atoms with Crippen molar-refractivity contribution in [2.45, 2.75) is 11.4 Å². The van der Waals surface area contributed by atoms with Crippen LogP contribution in [-0.4, -0.2) is 14.3 Å². The molecular weight excluding hydrogens is 403 g/mol. The molecule has 3 aromatic rings. The van der Waals surface area contributed by atoms with Gasteiger partial charge in [0, 0.05) is 17.1 Å². The number of sulfonamides is 1. The van der Waals surface area contributed by atoms with Crippen molar-refractivity contribution in [1.29, 1.82) is 0 Å². The molecule has 0 spiro atoms. The summed E-state index contributed by atoms with van der Waals surface area (Å²) in [6.45, 7) is 0.0832. The Balaban J connectivity index is 1.72. The molecule has 0 bridgehead atoms. The van der Waals surface area contributed by atoms with Gasteiger partial charge in [-0.25, -0.2) is 17.5 Å². The number of rotatable bonds is 6. The summed E-state index contributed by atoms with van der Waals surface area (Å²) >= 11 is 5.77. The molecule has 0 aliphatic rings. The first kappa shape index (κ1) is 20.0. The van der Waals surface area contributed by atoms with Crippen molar-refractivity contribution in [2.75, 3.05) is 5.32 Å². The summed E-state index contributed by atoms with van der Waals surface area (Å²) in [6, 6.07) is 18.4. The van der Waals surface area contributed by atoms with Gasteiger partial charge in [0.05, 0.1) is 10.6 Å². The fourth-order valence-corrected chi connectivity index (χ4v) is 3.57. The molecule has 0 aliphatic heterocycles. The van der Waals surface area contributed by atoms with Crippen LogP contribution in [0.15, 0.2) is 77.7 Å². The number of carbonyl (C=O) groups is 1. The second-order valence-corrected chi connectivity index (χ2v) is 8.12. The minimum absolute atomic E-state index is 0.0832. The van der Waals surface area contributed by atoms with Crippen LogP contribution in [0.1, 0.15) is 15.9 Å². The van der Waals surface area contributed by atoms with E-state index in [4.69, 9.17) is 11.6 Å². The molecule has 0 saturated heterocycles. The van der Waals surface area contributed by atoms with E-state index in [1.807, 2.05) is 6.07 Å². The average molecular weight is 419 g/mol. The number of hydrogen-bond acceptors (Lipinski definition) is 3. The molecule has 3 aromatic carbocycles. The van der Waals surface area contributed by atoms with E-state index in [1.54, 1.807) is 36.4 Å². The Morgan fingerprint density at radius 1 is 0.964 bits per heavy atom. The molecule has 0 unspecified atom stereocenters. The third-order valence-electron chi connectivity index (χ3n) is 3.91. The van der Waals surface area contributed by atoms with E-state index in [0.717, 1.165) is 11.6 Å². The Morgan fingerprint density at radius 3 is 2.29 bits per heavy atom. The Morgan fingerprint density at radius 2 is 1.64 bits per heavy atom. The number of amides is 1. The van der Waals surface area contributed by atoms with Gasteiger partial charge < -0.3 is 5.32 Å². The quantitative estimate of drug-likeness (QED) is 0.629. The molecular formula is C20H16ClFN2O3S. The third kappa shape index (κ3) is 4.95. The fourth-order valence-electron chi connectivity index (χ4n) is 2.42. The highest BCUT2D eigenvalue weighted by molar-refractivity contribution is 7.89. The van der Waals surface area contributed by atoms with Gasteiger partial charge in [0.25, 0.3) is 5.91 Å². The van der Waals surface area contributed by atoms with Crippen LogP contribution < -0.4 is 10.0 Å². The number of hydrogen-bond donors (Lipinski definition) is 2. The second kappa shape index (κ2) is 8.52. The molecule has 0 aromatic heterocycles. The normalized spacial score (nSPS) is 11.2. The van der Waals surface area contributed by atoms with Gasteiger partial charge in [-0.05, 0) is 48.0 Å². The van der Waals surface area contributed by atoms with Crippen molar-refractivity contribution in [1.82, 2.24) is 4.72 Å². The first-order valence-electron chi connectivity index (χ1n) is 8.25. The Bertz CT molecular complexity index is 1090. The number of halogens is 2. The third-order valence-corrected chi connectivity index (χ3v) is 5.57. The lowest BCUT2D eigenvalue weighted by Gasteiger charge is -2.10. The van der Waals surface area contributed by atoms with Crippen LogP contribution in [0.25, 0.3) is 0 Å². The number of benzene rings is 3. The summed E-state index contributed by atoms with van der Waals surface area (Å²) in [5, 5.41) is 2.88. The molecule has 144 valence electrons. The zero-order valence-corrected chi connectivity index (χ0v) is 16.1. The van der Waals surface area contributed by atoms with Crippen LogP contribution in [0.2, 0.25) is 5.02 Å². The lowest BCUT2D eigenvalue weighted by atomic mass is 10.2. The molecule has 0 heterocycles. The number of anilines is 1. The monoisotopic (exact) mass is 418 g/mol. The van der Waals surface area contributed by atoms with Gasteiger partial charge in [-0.15, -0.1) is 0 Å². The minimum Gasteiger partial charge on any atom is -0.319 e. The summed E-state index contributed by atoms with van der Waals surface area (Å²) in [5.74, 6) is -1.39. The maximum atomic E-state index is 14.4. The molecule has 0 saturated carbocycles. The van der Waals surface area contributed by atoms with Crippen LogP contribution in [0, 0.1) is 5.82 Å². The molecule has 0 aliphatic carbocycles. The largest absolute Gasteiger partial charge is 0.319 e. The van der Waals surface area contributed by atoms with Gasteiger partial charge in [0.2, 0.25) is 10.0 Å². The summed E-state index contributed by atoms with van der Waals surface area (Å²) < 4.78 is 41.5. The van der Waals surface area contributed by atoms with Crippen molar-refractivity contribution >= 4 is 33.2 Å². The topological polar surface area (TPSA) is 75.3 Å². The summed E-state index contributed by atoms with van der Waals surface area (Å²) in [5.41, 5.74) is 0.949. The van der Waals surface area contributed by atoms with E-state index < -0.39 is 21.7 Å². The lowest BCUT2D eigenvalue weighted by Crippen LogP contribution is -2.23. The standard InChI is InChI=1S/C20H16ClFN2O3S/c21-16-8-6-15(7-9-16)20(25)24-19-11-10-17(12-18(19)22)28(26,27)23-13-14-4-2-1-3-5-14/h1-12,23H,13H2,(H,24,25). The van der Waals surface area contributed by atoms with Gasteiger partial charge in [0.15, 0.2) is 0 Å². The molecule has 28 heavy (non-hydrogen) atoms. The summed E-state index contributed by atoms with van der Waals surface area (Å²) in [4.78, 5) is 11.9. The van der Waals surface area contributed by atoms with Crippen molar-refractivity contribution in [3.05, 3.63) is 94.8 Å². The van der Waals surface area contributed by atoms with E-state index in [-0.39, 0.29) is 17.1 Å². The average Bonchev–Trinajstić information content (AvgIpc) is 2.69. The SMILES string of the molecule is O=C(Nc1ccc(S(=O)(=O)NCc2ccccc2)cc1F)c1ccc(Cl)cc1. The zero-order valence-electron chi connectivity index (χ0n) is 14.5. The van der Waals surface area contributed by atoms with Crippen LogP contribution in [0.5, 0.6) is 0 Å². The van der Waals surface area contributed by atoms with E-state index in [2.05, 4.69) is 10.0 Å². The van der Waals surface area contributed by atoms with Crippen LogP contribution >= 0.6 is 11.6 Å². The summed E-state index contributed by atoms with van der Waals surface area (Å²) in [7, 11) is -3.90. The zero-order chi connectivity index (χ0) is 20.1. The second-order valence-electron chi connectivity index (χ2n) is 5.91. The maximum absolute atomic E-state index is 14.4. The van der Waals surface area contributed by atoms with Crippen molar-refractivity contribution in [3.63, 3.8) is 0 Å². The molecule has 5 nitrogen and oxygen atoms in total. The van der Waals surface area contributed by atoms with E-state index in [0.29, 0.717) is 10.6 Å². The van der Waals surface area contributed by atoms with Crippen LogP contribution in [0.4, 0.5) is 10.1 Å². The Labute approximate surface area is 167 Å². The van der Waals surface area contributed by atoms with Gasteiger partial charge in [-0.3, -0.25) is 4.79 Å². The van der Waals surface area contributed by atoms with Gasteiger partial charge in [0.1, 0.15) is 5.82 Å². The highest BCUT2D eigenvalue weighted by Gasteiger charge is 2.17. The maximum Gasteiger partial charge on any atom is 0.255 e. The lowest BCUT2D eigenvalue weighted by molar-refractivity contribution is 0.102. The molecule has 8 heteroatoms. The molecule has 0 radical (unpaired) electrons. The highest BCUT2D eigenvalue weighted by atomic mass is 35.5. The number of carbonyl (C=O) groups excluding carboxylic acids is 1. The van der Waals surface area contributed by atoms with Gasteiger partial charge in [-0.2, -0.15) is 0 Å². The molecule has 1 amide bonds. The van der Waals surface area contributed by atoms with E-state index in [1.165, 1.54) is 24.3 Å². The van der Waals surface area contributed by atoms with Gasteiger partial charge >= 0.3 is 0 Å². The summed E-state index contributed by atoms with van der Waals surface area (Å²) in [6.07, 6.45) is 0. The predicted octanol–water partition coefficient (Wildman–Crippen LogP) is 4.21.